The van der Waals surface area contributed by atoms with Crippen LogP contribution in [0.5, 0.6) is 5.75 Å². The van der Waals surface area contributed by atoms with Gasteiger partial charge in [-0.15, -0.1) is 0 Å². The molecular weight excluding hydrogens is 282 g/mol. The van der Waals surface area contributed by atoms with Crippen LogP contribution in [0.2, 0.25) is 0 Å². The highest BCUT2D eigenvalue weighted by Crippen LogP contribution is 2.45. The Morgan fingerprint density at radius 1 is 1.11 bits per heavy atom. The Labute approximate surface area is 118 Å². The molecule has 0 unspecified atom stereocenters. The Morgan fingerprint density at radius 2 is 1.47 bits per heavy atom. The fourth-order valence-corrected chi connectivity index (χ4v) is 1.36. The Balaban J connectivity index is 0. The minimum atomic E-state index is -2.39. The van der Waals surface area contributed by atoms with Crippen molar-refractivity contribution in [2.24, 2.45) is 0 Å². The van der Waals surface area contributed by atoms with Crippen LogP contribution in [-0.4, -0.2) is 38.7 Å². The van der Waals surface area contributed by atoms with Gasteiger partial charge in [-0.25, -0.2) is 9.42 Å². The number of benzene rings is 1. The van der Waals surface area contributed by atoms with E-state index in [4.69, 9.17) is 9.42 Å². The maximum absolute atomic E-state index is 11.2. The first-order valence-electron chi connectivity index (χ1n) is 6.06. The zero-order chi connectivity index (χ0) is 15.5. The molecule has 0 heterocycles. The molecule has 0 aliphatic carbocycles. The zero-order valence-electron chi connectivity index (χ0n) is 13.0. The second-order valence-corrected chi connectivity index (χ2v) is 9.77. The van der Waals surface area contributed by atoms with Crippen LogP contribution in [-0.2, 0) is 9.09 Å². The van der Waals surface area contributed by atoms with E-state index >= 15 is 0 Å². The van der Waals surface area contributed by atoms with E-state index in [1.54, 1.807) is 38.8 Å². The first-order valence-corrected chi connectivity index (χ1v) is 11.1. The molecule has 0 aliphatic rings. The number of hydrogen-bond acceptors (Lipinski definition) is 4. The molecule has 6 heteroatoms. The van der Waals surface area contributed by atoms with Gasteiger partial charge in [0.1, 0.15) is 19.1 Å². The van der Waals surface area contributed by atoms with E-state index in [1.807, 2.05) is 32.0 Å². The number of para-hydroxylation sites is 1. The van der Waals surface area contributed by atoms with Crippen molar-refractivity contribution in [3.05, 3.63) is 30.3 Å². The van der Waals surface area contributed by atoms with Crippen LogP contribution in [0.15, 0.2) is 30.3 Å². The fraction of sp³-hybridized carbons (Fsp3) is 0.538. The van der Waals surface area contributed by atoms with Crippen LogP contribution in [0, 0.1) is 0 Å². The van der Waals surface area contributed by atoms with Crippen molar-refractivity contribution >= 4 is 15.1 Å². The minimum absolute atomic E-state index is 0.667. The average Bonchev–Trinajstić information content (AvgIpc) is 2.31. The fourth-order valence-electron chi connectivity index (χ4n) is 0.735. The second kappa shape index (κ2) is 10.4. The standard InChI is InChI=1S/C8H11O2P.C3H10O2P.C2H6/c1-11(2,9)10-8-6-4-3-5-7-8;1-5-6(2,3)4;1-2/h3-7H,1-2H3;4H,1-3H3;1-2H3/q;+1;. The van der Waals surface area contributed by atoms with Gasteiger partial charge >= 0.3 is 0 Å². The molecule has 0 aliphatic heterocycles. The molecule has 1 rings (SSSR count). The Hall–Kier alpha value is -0.400. The molecule has 0 fully saturated rings. The third-order valence-electron chi connectivity index (χ3n) is 1.52. The summed E-state index contributed by atoms with van der Waals surface area (Å²) in [5.41, 5.74) is 0. The minimum Gasteiger partial charge on any atom is -0.443 e. The van der Waals surface area contributed by atoms with Crippen LogP contribution in [0.3, 0.4) is 0 Å². The van der Waals surface area contributed by atoms with Gasteiger partial charge in [-0.2, -0.15) is 0 Å². The molecule has 19 heavy (non-hydrogen) atoms. The van der Waals surface area contributed by atoms with Gasteiger partial charge < -0.3 is 4.52 Å². The molecule has 0 amide bonds. The highest BCUT2D eigenvalue weighted by molar-refractivity contribution is 7.63. The normalized spacial score (nSPS) is 10.5. The Morgan fingerprint density at radius 3 is 1.74 bits per heavy atom. The second-order valence-electron chi connectivity index (χ2n) is 4.13. The summed E-state index contributed by atoms with van der Waals surface area (Å²) in [7, 11) is -2.78. The lowest BCUT2D eigenvalue weighted by Gasteiger charge is -2.08. The summed E-state index contributed by atoms with van der Waals surface area (Å²) in [6.45, 7) is 10.6. The zero-order valence-corrected chi connectivity index (χ0v) is 14.7. The summed E-state index contributed by atoms with van der Waals surface area (Å²) < 4.78 is 20.9. The van der Waals surface area contributed by atoms with Crippen molar-refractivity contribution in [3.8, 4) is 5.75 Å². The molecule has 1 aromatic rings. The van der Waals surface area contributed by atoms with E-state index < -0.39 is 15.1 Å². The van der Waals surface area contributed by atoms with Crippen LogP contribution in [0.1, 0.15) is 13.8 Å². The molecule has 0 spiro atoms. The first kappa shape index (κ1) is 20.9. The van der Waals surface area contributed by atoms with Gasteiger partial charge in [-0.05, 0) is 12.1 Å². The van der Waals surface area contributed by atoms with Crippen LogP contribution >= 0.6 is 15.1 Å². The molecular formula is C13H27O4P2+. The van der Waals surface area contributed by atoms with Gasteiger partial charge in [0.15, 0.2) is 0 Å². The van der Waals surface area contributed by atoms with Crippen LogP contribution in [0.25, 0.3) is 0 Å². The van der Waals surface area contributed by atoms with Gasteiger partial charge in [-0.3, -0.25) is 4.57 Å². The maximum Gasteiger partial charge on any atom is 0.265 e. The van der Waals surface area contributed by atoms with Crippen molar-refractivity contribution in [2.75, 3.05) is 33.8 Å². The molecule has 1 aromatic carbocycles. The summed E-state index contributed by atoms with van der Waals surface area (Å²) >= 11 is 0. The van der Waals surface area contributed by atoms with E-state index in [2.05, 4.69) is 4.52 Å². The summed E-state index contributed by atoms with van der Waals surface area (Å²) in [4.78, 5) is 8.72. The molecule has 0 saturated heterocycles. The lowest BCUT2D eigenvalue weighted by atomic mass is 10.3. The summed E-state index contributed by atoms with van der Waals surface area (Å²) in [6.07, 6.45) is 0. The van der Waals surface area contributed by atoms with Crippen molar-refractivity contribution in [3.63, 3.8) is 0 Å². The highest BCUT2D eigenvalue weighted by atomic mass is 31.2. The molecule has 0 radical (unpaired) electrons. The monoisotopic (exact) mass is 309 g/mol. The quantitative estimate of drug-likeness (QED) is 0.843. The number of rotatable bonds is 3. The SMILES string of the molecule is CC.CO[P+](C)(C)O.CP(C)(=O)Oc1ccccc1. The lowest BCUT2D eigenvalue weighted by molar-refractivity contribution is 0.377. The topological polar surface area (TPSA) is 55.8 Å². The van der Waals surface area contributed by atoms with Crippen LogP contribution < -0.4 is 4.52 Å². The largest absolute Gasteiger partial charge is 0.443 e. The summed E-state index contributed by atoms with van der Waals surface area (Å²) in [5, 5.41) is 0. The van der Waals surface area contributed by atoms with E-state index in [1.165, 1.54) is 7.11 Å². The first-order chi connectivity index (χ1) is 8.64. The predicted octanol–water partition coefficient (Wildman–Crippen LogP) is 4.36. The Bertz CT molecular complexity index is 355. The van der Waals surface area contributed by atoms with Gasteiger partial charge in [0, 0.05) is 13.3 Å². The van der Waals surface area contributed by atoms with Crippen molar-refractivity contribution in [1.29, 1.82) is 0 Å². The molecule has 4 nitrogen and oxygen atoms in total. The van der Waals surface area contributed by atoms with E-state index in [0.29, 0.717) is 5.75 Å². The van der Waals surface area contributed by atoms with E-state index in [9.17, 15) is 4.57 Å². The van der Waals surface area contributed by atoms with Gasteiger partial charge in [0.05, 0.1) is 7.11 Å². The lowest BCUT2D eigenvalue weighted by Crippen LogP contribution is -1.87. The average molecular weight is 309 g/mol. The van der Waals surface area contributed by atoms with Crippen molar-refractivity contribution < 1.29 is 18.5 Å². The Kier molecular flexibility index (Phi) is 11.4. The van der Waals surface area contributed by atoms with Gasteiger partial charge in [-0.1, -0.05) is 32.0 Å². The maximum atomic E-state index is 11.2. The smallest absolute Gasteiger partial charge is 0.265 e. The predicted molar refractivity (Wildman–Crippen MR) is 85.9 cm³/mol. The van der Waals surface area contributed by atoms with Crippen molar-refractivity contribution in [2.45, 2.75) is 13.8 Å². The van der Waals surface area contributed by atoms with Gasteiger partial charge in [0.25, 0.3) is 7.72 Å². The van der Waals surface area contributed by atoms with Gasteiger partial charge in [0.2, 0.25) is 7.37 Å². The summed E-state index contributed by atoms with van der Waals surface area (Å²) in [6, 6.07) is 9.18. The van der Waals surface area contributed by atoms with E-state index in [-0.39, 0.29) is 0 Å². The summed E-state index contributed by atoms with van der Waals surface area (Å²) in [5.74, 6) is 0.667. The molecule has 0 bridgehead atoms. The highest BCUT2D eigenvalue weighted by Gasteiger charge is 2.18. The van der Waals surface area contributed by atoms with Crippen LogP contribution in [0.4, 0.5) is 0 Å². The molecule has 112 valence electrons. The third-order valence-corrected chi connectivity index (χ3v) is 3.06. The third kappa shape index (κ3) is 17.6. The molecule has 1 N–H and O–H groups in total. The molecule has 0 atom stereocenters. The number of hydrogen-bond donors (Lipinski definition) is 1. The van der Waals surface area contributed by atoms with E-state index in [0.717, 1.165) is 0 Å². The van der Waals surface area contributed by atoms with Crippen molar-refractivity contribution in [1.82, 2.24) is 0 Å². The molecule has 0 saturated carbocycles. The molecule has 0 aromatic heterocycles.